The lowest BCUT2D eigenvalue weighted by Gasteiger charge is -2.30. The molecule has 1 amide bonds. The third-order valence-corrected chi connectivity index (χ3v) is 4.96. The zero-order valence-corrected chi connectivity index (χ0v) is 15.5. The van der Waals surface area contributed by atoms with Crippen LogP contribution in [0, 0.1) is 6.92 Å². The second kappa shape index (κ2) is 7.30. The third-order valence-electron chi connectivity index (χ3n) is 4.96. The van der Waals surface area contributed by atoms with E-state index in [1.165, 1.54) is 0 Å². The molecule has 1 fully saturated rings. The molecule has 3 aromatic rings. The predicted molar refractivity (Wildman–Crippen MR) is 98.0 cm³/mol. The largest absolute Gasteiger partial charge is 0.419 e. The highest BCUT2D eigenvalue weighted by Gasteiger charge is 2.29. The van der Waals surface area contributed by atoms with E-state index in [-0.39, 0.29) is 11.8 Å². The van der Waals surface area contributed by atoms with Gasteiger partial charge in [-0.3, -0.25) is 14.5 Å². The lowest BCUT2D eigenvalue weighted by atomic mass is 9.96. The van der Waals surface area contributed by atoms with E-state index in [4.69, 9.17) is 4.42 Å². The van der Waals surface area contributed by atoms with Gasteiger partial charge < -0.3 is 9.32 Å². The van der Waals surface area contributed by atoms with Crippen LogP contribution < -0.4 is 0 Å². The molecule has 0 N–H and O–H groups in total. The second-order valence-corrected chi connectivity index (χ2v) is 6.71. The number of aromatic nitrogens is 5. The number of pyridine rings is 1. The minimum atomic E-state index is 0.0466. The maximum Gasteiger partial charge on any atom is 0.266 e. The van der Waals surface area contributed by atoms with Gasteiger partial charge in [-0.05, 0) is 38.8 Å². The number of carbonyl (C=O) groups is 1. The molecular formula is C19H22N6O2. The second-order valence-electron chi connectivity index (χ2n) is 6.71. The minimum Gasteiger partial charge on any atom is -0.419 e. The number of aryl methyl sites for hydroxylation is 2. The quantitative estimate of drug-likeness (QED) is 0.705. The van der Waals surface area contributed by atoms with Crippen LogP contribution in [0.4, 0.5) is 0 Å². The topological polar surface area (TPSA) is 89.9 Å². The smallest absolute Gasteiger partial charge is 0.266 e. The Bertz CT molecular complexity index is 925. The molecule has 0 unspecified atom stereocenters. The fourth-order valence-electron chi connectivity index (χ4n) is 3.38. The maximum absolute atomic E-state index is 12.8. The van der Waals surface area contributed by atoms with E-state index in [1.807, 2.05) is 43.1 Å². The molecule has 0 aromatic carbocycles. The molecule has 0 spiro atoms. The van der Waals surface area contributed by atoms with Crippen molar-refractivity contribution in [2.45, 2.75) is 39.2 Å². The van der Waals surface area contributed by atoms with Crippen LogP contribution in [0.15, 0.2) is 35.0 Å². The van der Waals surface area contributed by atoms with Crippen LogP contribution in [0.5, 0.6) is 0 Å². The van der Waals surface area contributed by atoms with Crippen LogP contribution in [0.25, 0.3) is 11.6 Å². The van der Waals surface area contributed by atoms with Gasteiger partial charge in [0.1, 0.15) is 5.69 Å². The summed E-state index contributed by atoms with van der Waals surface area (Å²) in [6.45, 7) is 5.98. The summed E-state index contributed by atoms with van der Waals surface area (Å²) >= 11 is 0. The predicted octanol–water partition coefficient (Wildman–Crippen LogP) is 2.68. The van der Waals surface area contributed by atoms with Crippen molar-refractivity contribution in [1.82, 2.24) is 29.9 Å². The standard InChI is InChI=1S/C19H22N6O2/c1-3-25-12-15(13(2)23-25)19(26)24-10-7-14(8-11-24)17-21-22-18(27-17)16-6-4-5-9-20-16/h4-6,9,12,14H,3,7-8,10-11H2,1-2H3. The Morgan fingerprint density at radius 3 is 2.74 bits per heavy atom. The molecule has 0 atom stereocenters. The number of likely N-dealkylation sites (tertiary alicyclic amines) is 1. The normalized spacial score (nSPS) is 15.3. The van der Waals surface area contributed by atoms with Gasteiger partial charge in [0.2, 0.25) is 5.89 Å². The van der Waals surface area contributed by atoms with Gasteiger partial charge in [-0.25, -0.2) is 0 Å². The van der Waals surface area contributed by atoms with Crippen LogP contribution >= 0.6 is 0 Å². The summed E-state index contributed by atoms with van der Waals surface area (Å²) in [6, 6.07) is 5.58. The molecular weight excluding hydrogens is 344 g/mol. The molecule has 0 radical (unpaired) electrons. The average Bonchev–Trinajstić information content (AvgIpc) is 3.35. The summed E-state index contributed by atoms with van der Waals surface area (Å²) < 4.78 is 7.62. The molecule has 4 heterocycles. The van der Waals surface area contributed by atoms with E-state index in [0.717, 1.165) is 25.1 Å². The number of nitrogens with zero attached hydrogens (tertiary/aromatic N) is 6. The van der Waals surface area contributed by atoms with Crippen LogP contribution in [-0.4, -0.2) is 48.9 Å². The van der Waals surface area contributed by atoms with Crippen molar-refractivity contribution < 1.29 is 9.21 Å². The van der Waals surface area contributed by atoms with Crippen molar-refractivity contribution in [2.75, 3.05) is 13.1 Å². The van der Waals surface area contributed by atoms with Crippen LogP contribution in [-0.2, 0) is 6.54 Å². The van der Waals surface area contributed by atoms with E-state index in [1.54, 1.807) is 10.9 Å². The minimum absolute atomic E-state index is 0.0466. The van der Waals surface area contributed by atoms with Crippen molar-refractivity contribution >= 4 is 5.91 Å². The van der Waals surface area contributed by atoms with Crippen molar-refractivity contribution in [2.24, 2.45) is 0 Å². The first-order valence-corrected chi connectivity index (χ1v) is 9.24. The fraction of sp³-hybridized carbons (Fsp3) is 0.421. The molecule has 0 aliphatic carbocycles. The first kappa shape index (κ1) is 17.4. The molecule has 27 heavy (non-hydrogen) atoms. The summed E-state index contributed by atoms with van der Waals surface area (Å²) in [4.78, 5) is 18.9. The Morgan fingerprint density at radius 2 is 2.07 bits per heavy atom. The molecule has 1 saturated heterocycles. The number of amides is 1. The lowest BCUT2D eigenvalue weighted by molar-refractivity contribution is 0.0705. The number of hydrogen-bond donors (Lipinski definition) is 0. The number of hydrogen-bond acceptors (Lipinski definition) is 6. The Balaban J connectivity index is 1.41. The van der Waals surface area contributed by atoms with Gasteiger partial charge >= 0.3 is 0 Å². The molecule has 0 bridgehead atoms. The van der Waals surface area contributed by atoms with Gasteiger partial charge in [-0.2, -0.15) is 5.10 Å². The van der Waals surface area contributed by atoms with E-state index in [9.17, 15) is 4.79 Å². The van der Waals surface area contributed by atoms with Gasteiger partial charge in [0, 0.05) is 37.9 Å². The zero-order valence-electron chi connectivity index (χ0n) is 15.5. The van der Waals surface area contributed by atoms with E-state index >= 15 is 0 Å². The summed E-state index contributed by atoms with van der Waals surface area (Å²) in [5, 5.41) is 12.7. The van der Waals surface area contributed by atoms with Crippen molar-refractivity contribution in [3.05, 3.63) is 47.7 Å². The summed E-state index contributed by atoms with van der Waals surface area (Å²) in [5.74, 6) is 1.27. The van der Waals surface area contributed by atoms with Crippen molar-refractivity contribution in [3.63, 3.8) is 0 Å². The van der Waals surface area contributed by atoms with E-state index < -0.39 is 0 Å². The average molecular weight is 366 g/mol. The number of rotatable bonds is 4. The van der Waals surface area contributed by atoms with Crippen LogP contribution in [0.3, 0.4) is 0 Å². The molecule has 8 heteroatoms. The van der Waals surface area contributed by atoms with Crippen LogP contribution in [0.1, 0.15) is 47.6 Å². The highest BCUT2D eigenvalue weighted by Crippen LogP contribution is 2.29. The number of carbonyl (C=O) groups excluding carboxylic acids is 1. The van der Waals surface area contributed by atoms with Gasteiger partial charge in [0.25, 0.3) is 11.8 Å². The molecule has 1 aliphatic rings. The Kier molecular flexibility index (Phi) is 4.70. The van der Waals surface area contributed by atoms with Gasteiger partial charge in [0.15, 0.2) is 0 Å². The summed E-state index contributed by atoms with van der Waals surface area (Å²) in [5.41, 5.74) is 2.14. The lowest BCUT2D eigenvalue weighted by Crippen LogP contribution is -2.38. The Morgan fingerprint density at radius 1 is 1.26 bits per heavy atom. The molecule has 4 rings (SSSR count). The molecule has 140 valence electrons. The highest BCUT2D eigenvalue weighted by atomic mass is 16.4. The maximum atomic E-state index is 12.8. The molecule has 1 aliphatic heterocycles. The highest BCUT2D eigenvalue weighted by molar-refractivity contribution is 5.95. The molecule has 3 aromatic heterocycles. The van der Waals surface area contributed by atoms with Crippen LogP contribution in [0.2, 0.25) is 0 Å². The van der Waals surface area contributed by atoms with Gasteiger partial charge in [0.05, 0.1) is 11.3 Å². The fourth-order valence-corrected chi connectivity index (χ4v) is 3.38. The van der Waals surface area contributed by atoms with Crippen molar-refractivity contribution in [1.29, 1.82) is 0 Å². The third kappa shape index (κ3) is 3.47. The number of piperidine rings is 1. The Labute approximate surface area is 157 Å². The monoisotopic (exact) mass is 366 g/mol. The first-order chi connectivity index (χ1) is 13.2. The summed E-state index contributed by atoms with van der Waals surface area (Å²) in [6.07, 6.45) is 5.14. The molecule has 0 saturated carbocycles. The van der Waals surface area contributed by atoms with E-state index in [2.05, 4.69) is 20.3 Å². The summed E-state index contributed by atoms with van der Waals surface area (Å²) in [7, 11) is 0. The zero-order chi connectivity index (χ0) is 18.8. The van der Waals surface area contributed by atoms with Crippen molar-refractivity contribution in [3.8, 4) is 11.6 Å². The van der Waals surface area contributed by atoms with Gasteiger partial charge in [-0.15, -0.1) is 10.2 Å². The first-order valence-electron chi connectivity index (χ1n) is 9.24. The SMILES string of the molecule is CCn1cc(C(=O)N2CCC(c3nnc(-c4ccccn4)o3)CC2)c(C)n1. The Hall–Kier alpha value is -3.03. The van der Waals surface area contributed by atoms with Gasteiger partial charge in [-0.1, -0.05) is 6.07 Å². The molecule has 8 nitrogen and oxygen atoms in total. The van der Waals surface area contributed by atoms with E-state index in [0.29, 0.717) is 36.1 Å².